The number of hydrogen-bond donors (Lipinski definition) is 1. The van der Waals surface area contributed by atoms with Crippen LogP contribution in [-0.2, 0) is 9.53 Å². The highest BCUT2D eigenvalue weighted by Crippen LogP contribution is 2.57. The Morgan fingerprint density at radius 1 is 1.17 bits per heavy atom. The van der Waals surface area contributed by atoms with Crippen LogP contribution in [0.2, 0.25) is 0 Å². The zero-order valence-electron chi connectivity index (χ0n) is 18.5. The Hall–Kier alpha value is -2.04. The molecule has 3 fully saturated rings. The van der Waals surface area contributed by atoms with Gasteiger partial charge in [0, 0.05) is 19.6 Å². The molecule has 2 saturated carbocycles. The van der Waals surface area contributed by atoms with Gasteiger partial charge in [0.2, 0.25) is 5.91 Å². The standard InChI is InChI=1S/C25H36N2O3/c1-3-5-21(17-26-24(29)30-2)23(28)27-12-10-25(11-13-27)15-22(16-25)20-7-4-6-19(14-20)18-8-9-18/h4,6-7,14,18,21-22H,3,5,8-13,15-17H2,1-2H3,(H,26,29)/t21-/m1/s1. The lowest BCUT2D eigenvalue weighted by molar-refractivity contribution is -0.139. The maximum Gasteiger partial charge on any atom is 0.406 e. The van der Waals surface area contributed by atoms with E-state index in [1.54, 1.807) is 0 Å². The van der Waals surface area contributed by atoms with Crippen molar-refractivity contribution < 1.29 is 14.3 Å². The third-order valence-electron chi connectivity index (χ3n) is 7.59. The Kier molecular flexibility index (Phi) is 6.35. The van der Waals surface area contributed by atoms with Crippen LogP contribution in [-0.4, -0.2) is 43.6 Å². The number of carbonyl (C=O) groups excluding carboxylic acids is 2. The maximum atomic E-state index is 13.0. The molecule has 1 aromatic carbocycles. The summed E-state index contributed by atoms with van der Waals surface area (Å²) in [5.74, 6) is 1.56. The lowest BCUT2D eigenvalue weighted by Crippen LogP contribution is -2.50. The zero-order valence-corrected chi connectivity index (χ0v) is 18.5. The second-order valence-electron chi connectivity index (χ2n) is 9.73. The first-order valence-corrected chi connectivity index (χ1v) is 11.7. The van der Waals surface area contributed by atoms with Crippen molar-refractivity contribution in [2.24, 2.45) is 11.3 Å². The Balaban J connectivity index is 1.28. The largest absolute Gasteiger partial charge is 0.453 e. The van der Waals surface area contributed by atoms with Gasteiger partial charge in [-0.2, -0.15) is 0 Å². The second kappa shape index (κ2) is 8.99. The third kappa shape index (κ3) is 4.65. The number of rotatable bonds is 7. The van der Waals surface area contributed by atoms with Gasteiger partial charge in [0.1, 0.15) is 0 Å². The van der Waals surface area contributed by atoms with Crippen molar-refractivity contribution in [3.05, 3.63) is 35.4 Å². The second-order valence-corrected chi connectivity index (χ2v) is 9.73. The minimum absolute atomic E-state index is 0.151. The predicted octanol–water partition coefficient (Wildman–Crippen LogP) is 4.82. The van der Waals surface area contributed by atoms with Crippen molar-refractivity contribution in [2.75, 3.05) is 26.7 Å². The molecule has 2 aliphatic carbocycles. The molecule has 0 aromatic heterocycles. The number of likely N-dealkylation sites (tertiary alicyclic amines) is 1. The summed E-state index contributed by atoms with van der Waals surface area (Å²) < 4.78 is 4.65. The first-order chi connectivity index (χ1) is 14.5. The number of nitrogens with zero attached hydrogens (tertiary/aromatic N) is 1. The molecule has 5 nitrogen and oxygen atoms in total. The molecule has 0 bridgehead atoms. The lowest BCUT2D eigenvalue weighted by atomic mass is 9.56. The molecule has 0 unspecified atom stereocenters. The molecule has 1 saturated heterocycles. The van der Waals surface area contributed by atoms with Crippen molar-refractivity contribution >= 4 is 12.0 Å². The summed E-state index contributed by atoms with van der Waals surface area (Å²) in [4.78, 5) is 26.5. The smallest absolute Gasteiger partial charge is 0.406 e. The summed E-state index contributed by atoms with van der Waals surface area (Å²) in [5, 5.41) is 2.71. The average molecular weight is 413 g/mol. The zero-order chi connectivity index (χ0) is 21.1. The lowest BCUT2D eigenvalue weighted by Gasteiger charge is -2.53. The van der Waals surface area contributed by atoms with Crippen LogP contribution >= 0.6 is 0 Å². The topological polar surface area (TPSA) is 58.6 Å². The highest BCUT2D eigenvalue weighted by Gasteiger charge is 2.47. The number of methoxy groups -OCH3 is 1. The first kappa shape index (κ1) is 21.2. The van der Waals surface area contributed by atoms with Crippen LogP contribution < -0.4 is 5.32 Å². The van der Waals surface area contributed by atoms with Gasteiger partial charge in [0.25, 0.3) is 0 Å². The van der Waals surface area contributed by atoms with E-state index in [9.17, 15) is 9.59 Å². The molecule has 1 aromatic rings. The highest BCUT2D eigenvalue weighted by atomic mass is 16.5. The van der Waals surface area contributed by atoms with E-state index in [-0.39, 0.29) is 11.8 Å². The van der Waals surface area contributed by atoms with Gasteiger partial charge in [0.05, 0.1) is 13.0 Å². The third-order valence-corrected chi connectivity index (χ3v) is 7.59. The van der Waals surface area contributed by atoms with Crippen molar-refractivity contribution in [2.45, 2.75) is 70.1 Å². The monoisotopic (exact) mass is 412 g/mol. The number of hydrogen-bond acceptors (Lipinski definition) is 3. The summed E-state index contributed by atoms with van der Waals surface area (Å²) in [6, 6.07) is 9.30. The molecular formula is C25H36N2O3. The summed E-state index contributed by atoms with van der Waals surface area (Å²) in [5.41, 5.74) is 3.50. The van der Waals surface area contributed by atoms with E-state index in [0.717, 1.165) is 44.7 Å². The van der Waals surface area contributed by atoms with Crippen LogP contribution in [0.4, 0.5) is 4.79 Å². The van der Waals surface area contributed by atoms with Crippen molar-refractivity contribution in [1.29, 1.82) is 0 Å². The van der Waals surface area contributed by atoms with Gasteiger partial charge >= 0.3 is 6.09 Å². The van der Waals surface area contributed by atoms with E-state index in [1.807, 2.05) is 4.90 Å². The van der Waals surface area contributed by atoms with Crippen LogP contribution in [0.5, 0.6) is 0 Å². The number of alkyl carbamates (subject to hydrolysis) is 1. The van der Waals surface area contributed by atoms with E-state index in [4.69, 9.17) is 0 Å². The molecule has 1 spiro atoms. The molecule has 30 heavy (non-hydrogen) atoms. The molecule has 5 heteroatoms. The Labute approximate surface area is 180 Å². The predicted molar refractivity (Wildman–Crippen MR) is 117 cm³/mol. The number of ether oxygens (including phenoxy) is 1. The van der Waals surface area contributed by atoms with E-state index in [0.29, 0.717) is 17.9 Å². The molecule has 2 amide bonds. The summed E-state index contributed by atoms with van der Waals surface area (Å²) in [7, 11) is 1.35. The van der Waals surface area contributed by atoms with Crippen LogP contribution in [0.15, 0.2) is 24.3 Å². The number of benzene rings is 1. The van der Waals surface area contributed by atoms with Crippen molar-refractivity contribution in [3.8, 4) is 0 Å². The van der Waals surface area contributed by atoms with Crippen LogP contribution in [0.25, 0.3) is 0 Å². The number of nitrogens with one attached hydrogen (secondary N) is 1. The fourth-order valence-corrected chi connectivity index (χ4v) is 5.51. The normalized spacial score (nSPS) is 21.7. The average Bonchev–Trinajstić information content (AvgIpc) is 3.60. The summed E-state index contributed by atoms with van der Waals surface area (Å²) in [6.45, 7) is 4.15. The fraction of sp³-hybridized carbons (Fsp3) is 0.680. The van der Waals surface area contributed by atoms with Crippen molar-refractivity contribution in [1.82, 2.24) is 10.2 Å². The molecule has 1 heterocycles. The summed E-state index contributed by atoms with van der Waals surface area (Å²) >= 11 is 0. The molecule has 3 aliphatic rings. The van der Waals surface area contributed by atoms with E-state index in [2.05, 4.69) is 41.2 Å². The van der Waals surface area contributed by atoms with E-state index >= 15 is 0 Å². The van der Waals surface area contributed by atoms with Gasteiger partial charge in [-0.15, -0.1) is 0 Å². The van der Waals surface area contributed by atoms with Crippen molar-refractivity contribution in [3.63, 3.8) is 0 Å². The molecule has 164 valence electrons. The molecule has 1 N–H and O–H groups in total. The molecule has 1 aliphatic heterocycles. The van der Waals surface area contributed by atoms with Crippen LogP contribution in [0.1, 0.15) is 81.3 Å². The van der Waals surface area contributed by atoms with Gasteiger partial charge < -0.3 is 15.0 Å². The molecule has 4 rings (SSSR count). The van der Waals surface area contributed by atoms with Crippen LogP contribution in [0.3, 0.4) is 0 Å². The fourth-order valence-electron chi connectivity index (χ4n) is 5.51. The number of carbonyl (C=O) groups is 2. The molecule has 0 radical (unpaired) electrons. The van der Waals surface area contributed by atoms with Gasteiger partial charge in [0.15, 0.2) is 0 Å². The first-order valence-electron chi connectivity index (χ1n) is 11.7. The number of amides is 2. The van der Waals surface area contributed by atoms with Gasteiger partial charge in [-0.3, -0.25) is 4.79 Å². The summed E-state index contributed by atoms with van der Waals surface area (Å²) in [6.07, 6.45) is 8.74. The highest BCUT2D eigenvalue weighted by molar-refractivity contribution is 5.80. The maximum absolute atomic E-state index is 13.0. The number of piperidine rings is 1. The quantitative estimate of drug-likeness (QED) is 0.698. The van der Waals surface area contributed by atoms with Gasteiger partial charge in [-0.1, -0.05) is 37.6 Å². The minimum atomic E-state index is -0.465. The SMILES string of the molecule is CCC[C@H](CNC(=O)OC)C(=O)N1CCC2(CC1)CC(c1cccc(C3CC3)c1)C2. The molecular weight excluding hydrogens is 376 g/mol. The Bertz CT molecular complexity index is 757. The Morgan fingerprint density at radius 3 is 2.43 bits per heavy atom. The van der Waals surface area contributed by atoms with Crippen LogP contribution in [0, 0.1) is 11.3 Å². The Morgan fingerprint density at radius 2 is 1.83 bits per heavy atom. The minimum Gasteiger partial charge on any atom is -0.453 e. The van der Waals surface area contributed by atoms with Gasteiger partial charge in [-0.25, -0.2) is 4.79 Å². The van der Waals surface area contributed by atoms with E-state index in [1.165, 1.54) is 43.9 Å². The molecule has 1 atom stereocenters. The van der Waals surface area contributed by atoms with Gasteiger partial charge in [-0.05, 0) is 73.3 Å². The van der Waals surface area contributed by atoms with E-state index < -0.39 is 6.09 Å².